The highest BCUT2D eigenvalue weighted by Gasteiger charge is 2.21. The maximum Gasteiger partial charge on any atom is 0.251 e. The van der Waals surface area contributed by atoms with Gasteiger partial charge in [-0.1, -0.05) is 66.2 Å². The van der Waals surface area contributed by atoms with Gasteiger partial charge in [-0.15, -0.1) is 0 Å². The fourth-order valence-electron chi connectivity index (χ4n) is 3.52. The highest BCUT2D eigenvalue weighted by molar-refractivity contribution is 5.94. The molecule has 5 nitrogen and oxygen atoms in total. The van der Waals surface area contributed by atoms with Crippen LogP contribution in [-0.4, -0.2) is 18.9 Å². The summed E-state index contributed by atoms with van der Waals surface area (Å²) in [6.07, 6.45) is 0.126. The van der Waals surface area contributed by atoms with Crippen molar-refractivity contribution in [1.82, 2.24) is 10.6 Å². The Balaban J connectivity index is 1.74. The number of carbonyl (C=O) groups excluding carboxylic acids is 2. The van der Waals surface area contributed by atoms with Gasteiger partial charge in [0.1, 0.15) is 5.75 Å². The number of hydrogen-bond acceptors (Lipinski definition) is 3. The van der Waals surface area contributed by atoms with Gasteiger partial charge in [0.2, 0.25) is 5.91 Å². The fraction of sp³-hybridized carbons (Fsp3) is 0.231. The van der Waals surface area contributed by atoms with Crippen molar-refractivity contribution < 1.29 is 14.3 Å². The second kappa shape index (κ2) is 10.4. The summed E-state index contributed by atoms with van der Waals surface area (Å²) in [7, 11) is 1.62. The first kappa shape index (κ1) is 22.1. The minimum Gasteiger partial charge on any atom is -0.496 e. The highest BCUT2D eigenvalue weighted by atomic mass is 16.5. The summed E-state index contributed by atoms with van der Waals surface area (Å²) < 4.78 is 5.45. The number of rotatable bonds is 8. The van der Waals surface area contributed by atoms with Crippen LogP contribution in [0, 0.1) is 6.92 Å². The van der Waals surface area contributed by atoms with Gasteiger partial charge in [0.25, 0.3) is 5.91 Å². The summed E-state index contributed by atoms with van der Waals surface area (Å²) in [6, 6.07) is 23.7. The normalized spacial score (nSPS) is 12.5. The van der Waals surface area contributed by atoms with Crippen LogP contribution < -0.4 is 15.4 Å². The average molecular weight is 417 g/mol. The highest BCUT2D eigenvalue weighted by Crippen LogP contribution is 2.26. The van der Waals surface area contributed by atoms with Gasteiger partial charge >= 0.3 is 0 Å². The smallest absolute Gasteiger partial charge is 0.251 e. The zero-order valence-corrected chi connectivity index (χ0v) is 18.1. The molecule has 0 aromatic heterocycles. The molecule has 2 atom stereocenters. The van der Waals surface area contributed by atoms with Gasteiger partial charge < -0.3 is 15.4 Å². The zero-order valence-electron chi connectivity index (χ0n) is 18.1. The molecule has 0 radical (unpaired) electrons. The Bertz CT molecular complexity index is 1020. The van der Waals surface area contributed by atoms with Crippen LogP contribution in [0.5, 0.6) is 5.75 Å². The maximum absolute atomic E-state index is 12.9. The van der Waals surface area contributed by atoms with E-state index in [1.54, 1.807) is 19.2 Å². The summed E-state index contributed by atoms with van der Waals surface area (Å²) in [5.74, 6) is 0.365. The maximum atomic E-state index is 12.9. The Morgan fingerprint density at radius 1 is 0.903 bits per heavy atom. The van der Waals surface area contributed by atoms with Gasteiger partial charge in [-0.2, -0.15) is 0 Å². The lowest BCUT2D eigenvalue weighted by atomic mass is 10.0. The molecular formula is C26H28N2O3. The molecule has 0 heterocycles. The van der Waals surface area contributed by atoms with Crippen molar-refractivity contribution in [3.05, 3.63) is 101 Å². The van der Waals surface area contributed by atoms with Crippen molar-refractivity contribution >= 4 is 11.8 Å². The lowest BCUT2D eigenvalue weighted by Gasteiger charge is -2.22. The van der Waals surface area contributed by atoms with E-state index >= 15 is 0 Å². The van der Waals surface area contributed by atoms with Crippen LogP contribution in [0.3, 0.4) is 0 Å². The zero-order chi connectivity index (χ0) is 22.2. The SMILES string of the molecule is COc1ccc(C)cc1C(C)NC(=O)CC(NC(=O)c1ccccc1)c1ccccc1. The van der Waals surface area contributed by atoms with Crippen LogP contribution in [0.1, 0.15) is 52.5 Å². The van der Waals surface area contributed by atoms with E-state index in [2.05, 4.69) is 10.6 Å². The Hall–Kier alpha value is -3.60. The van der Waals surface area contributed by atoms with Crippen molar-refractivity contribution in [3.8, 4) is 5.75 Å². The number of carbonyl (C=O) groups is 2. The molecule has 0 aliphatic rings. The number of aryl methyl sites for hydroxylation is 1. The van der Waals surface area contributed by atoms with Gasteiger partial charge in [0.05, 0.1) is 25.6 Å². The molecule has 0 aliphatic carbocycles. The van der Waals surface area contributed by atoms with Crippen molar-refractivity contribution in [2.75, 3.05) is 7.11 Å². The van der Waals surface area contributed by atoms with Crippen LogP contribution in [0.25, 0.3) is 0 Å². The summed E-state index contributed by atoms with van der Waals surface area (Å²) in [5.41, 5.74) is 3.44. The molecular weight excluding hydrogens is 388 g/mol. The minimum atomic E-state index is -0.444. The summed E-state index contributed by atoms with van der Waals surface area (Å²) >= 11 is 0. The van der Waals surface area contributed by atoms with Crippen molar-refractivity contribution in [2.45, 2.75) is 32.4 Å². The molecule has 0 spiro atoms. The molecule has 3 aromatic carbocycles. The number of methoxy groups -OCH3 is 1. The van der Waals surface area contributed by atoms with Crippen molar-refractivity contribution in [3.63, 3.8) is 0 Å². The van der Waals surface area contributed by atoms with Crippen molar-refractivity contribution in [2.24, 2.45) is 0 Å². The molecule has 2 N–H and O–H groups in total. The van der Waals surface area contributed by atoms with Crippen LogP contribution in [-0.2, 0) is 4.79 Å². The predicted molar refractivity (Wildman–Crippen MR) is 122 cm³/mol. The molecule has 2 amide bonds. The van der Waals surface area contributed by atoms with E-state index in [4.69, 9.17) is 4.74 Å². The molecule has 5 heteroatoms. The third kappa shape index (κ3) is 5.95. The first-order chi connectivity index (χ1) is 15.0. The number of nitrogens with one attached hydrogen (secondary N) is 2. The largest absolute Gasteiger partial charge is 0.496 e. The van der Waals surface area contributed by atoms with E-state index in [1.165, 1.54) is 0 Å². The molecule has 0 saturated heterocycles. The van der Waals surface area contributed by atoms with Crippen LogP contribution in [0.4, 0.5) is 0 Å². The lowest BCUT2D eigenvalue weighted by Crippen LogP contribution is -2.34. The lowest BCUT2D eigenvalue weighted by molar-refractivity contribution is -0.122. The first-order valence-electron chi connectivity index (χ1n) is 10.3. The Morgan fingerprint density at radius 2 is 1.55 bits per heavy atom. The van der Waals surface area contributed by atoms with E-state index < -0.39 is 6.04 Å². The third-order valence-electron chi connectivity index (χ3n) is 5.16. The second-order valence-corrected chi connectivity index (χ2v) is 7.54. The molecule has 0 bridgehead atoms. The Morgan fingerprint density at radius 3 is 2.19 bits per heavy atom. The molecule has 0 aliphatic heterocycles. The molecule has 160 valence electrons. The van der Waals surface area contributed by atoms with Gasteiger partial charge in [-0.25, -0.2) is 0 Å². The summed E-state index contributed by atoms with van der Waals surface area (Å²) in [6.45, 7) is 3.93. The van der Waals surface area contributed by atoms with E-state index in [9.17, 15) is 9.59 Å². The topological polar surface area (TPSA) is 67.4 Å². The fourth-order valence-corrected chi connectivity index (χ4v) is 3.52. The van der Waals surface area contributed by atoms with Crippen molar-refractivity contribution in [1.29, 1.82) is 0 Å². The van der Waals surface area contributed by atoms with E-state index in [1.807, 2.05) is 80.6 Å². The van der Waals surface area contributed by atoms with E-state index in [0.29, 0.717) is 5.56 Å². The van der Waals surface area contributed by atoms with Gasteiger partial charge in [0, 0.05) is 11.1 Å². The Kier molecular flexibility index (Phi) is 7.44. The molecule has 3 rings (SSSR count). The third-order valence-corrected chi connectivity index (χ3v) is 5.16. The minimum absolute atomic E-state index is 0.126. The number of benzene rings is 3. The second-order valence-electron chi connectivity index (χ2n) is 7.54. The van der Waals surface area contributed by atoms with Crippen LogP contribution >= 0.6 is 0 Å². The van der Waals surface area contributed by atoms with Gasteiger partial charge in [0.15, 0.2) is 0 Å². The standard InChI is InChI=1S/C26H28N2O3/c1-18-14-15-24(31-3)22(16-18)19(2)27-25(29)17-23(20-10-6-4-7-11-20)28-26(30)21-12-8-5-9-13-21/h4-16,19,23H,17H2,1-3H3,(H,27,29)(H,28,30). The van der Waals surface area contributed by atoms with Gasteiger partial charge in [-0.05, 0) is 37.6 Å². The molecule has 0 saturated carbocycles. The molecule has 2 unspecified atom stereocenters. The molecule has 3 aromatic rings. The predicted octanol–water partition coefficient (Wildman–Crippen LogP) is 4.74. The summed E-state index contributed by atoms with van der Waals surface area (Å²) in [4.78, 5) is 25.6. The van der Waals surface area contributed by atoms with Crippen LogP contribution in [0.15, 0.2) is 78.9 Å². The van der Waals surface area contributed by atoms with E-state index in [0.717, 1.165) is 22.4 Å². The molecule has 31 heavy (non-hydrogen) atoms. The quantitative estimate of drug-likeness (QED) is 0.557. The Labute approximate surface area is 183 Å². The molecule has 0 fully saturated rings. The average Bonchev–Trinajstić information content (AvgIpc) is 2.79. The van der Waals surface area contributed by atoms with E-state index in [-0.39, 0.29) is 24.3 Å². The number of amides is 2. The number of ether oxygens (including phenoxy) is 1. The monoisotopic (exact) mass is 416 g/mol. The number of hydrogen-bond donors (Lipinski definition) is 2. The summed E-state index contributed by atoms with van der Waals surface area (Å²) in [5, 5.41) is 6.04. The van der Waals surface area contributed by atoms with Crippen LogP contribution in [0.2, 0.25) is 0 Å². The van der Waals surface area contributed by atoms with Gasteiger partial charge in [-0.3, -0.25) is 9.59 Å². The first-order valence-corrected chi connectivity index (χ1v) is 10.3.